The second-order valence-electron chi connectivity index (χ2n) is 4.39. The highest BCUT2D eigenvalue weighted by atomic mass is 16.5. The monoisotopic (exact) mass is 262 g/mol. The van der Waals surface area contributed by atoms with Gasteiger partial charge in [-0.3, -0.25) is 0 Å². The number of rotatable bonds is 5. The van der Waals surface area contributed by atoms with Crippen LogP contribution in [0, 0.1) is 0 Å². The highest BCUT2D eigenvalue weighted by Crippen LogP contribution is 2.28. The molecule has 0 fully saturated rings. The van der Waals surface area contributed by atoms with Gasteiger partial charge >= 0.3 is 0 Å². The normalized spacial score (nSPS) is 12.4. The largest absolute Gasteiger partial charge is 0.507 e. The summed E-state index contributed by atoms with van der Waals surface area (Å²) in [7, 11) is 3.47. The molecule has 1 aromatic heterocycles. The van der Waals surface area contributed by atoms with Gasteiger partial charge < -0.3 is 19.7 Å². The van der Waals surface area contributed by atoms with Crippen LogP contribution in [-0.4, -0.2) is 27.0 Å². The topological polar surface area (TPSA) is 72.2 Å². The van der Waals surface area contributed by atoms with Gasteiger partial charge in [0, 0.05) is 24.7 Å². The lowest BCUT2D eigenvalue weighted by Crippen LogP contribution is -2.20. The number of hydrogen-bond acceptors (Lipinski definition) is 5. The third-order valence-corrected chi connectivity index (χ3v) is 3.08. The number of benzene rings is 1. The molecular formula is C13H18N4O2. The first-order chi connectivity index (χ1) is 9.11. The van der Waals surface area contributed by atoms with Crippen molar-refractivity contribution in [3.8, 4) is 11.5 Å². The maximum atomic E-state index is 9.95. The van der Waals surface area contributed by atoms with E-state index in [9.17, 15) is 5.11 Å². The fourth-order valence-electron chi connectivity index (χ4n) is 1.84. The number of methoxy groups -OCH3 is 1. The molecule has 2 rings (SSSR count). The van der Waals surface area contributed by atoms with Gasteiger partial charge in [0.15, 0.2) is 0 Å². The van der Waals surface area contributed by atoms with Crippen molar-refractivity contribution in [3.05, 3.63) is 35.9 Å². The summed E-state index contributed by atoms with van der Waals surface area (Å²) in [5.41, 5.74) is 0.822. The Hall–Kier alpha value is -2.08. The van der Waals surface area contributed by atoms with Crippen LogP contribution < -0.4 is 10.1 Å². The number of hydrogen-bond donors (Lipinski definition) is 2. The van der Waals surface area contributed by atoms with Crippen LogP contribution in [0.2, 0.25) is 0 Å². The first kappa shape index (κ1) is 13.4. The molecule has 0 saturated heterocycles. The fraction of sp³-hybridized carbons (Fsp3) is 0.385. The zero-order chi connectivity index (χ0) is 13.8. The molecule has 19 heavy (non-hydrogen) atoms. The van der Waals surface area contributed by atoms with E-state index >= 15 is 0 Å². The number of aryl methyl sites for hydroxylation is 1. The molecule has 1 aromatic carbocycles. The van der Waals surface area contributed by atoms with Gasteiger partial charge in [0.25, 0.3) is 0 Å². The number of phenolic OH excluding ortho intramolecular Hbond substituents is 1. The van der Waals surface area contributed by atoms with E-state index in [1.54, 1.807) is 19.5 Å². The first-order valence-corrected chi connectivity index (χ1v) is 6.05. The summed E-state index contributed by atoms with van der Waals surface area (Å²) in [6, 6.07) is 5.29. The molecule has 1 atom stereocenters. The van der Waals surface area contributed by atoms with Crippen LogP contribution in [0.1, 0.15) is 24.4 Å². The Morgan fingerprint density at radius 1 is 1.47 bits per heavy atom. The van der Waals surface area contributed by atoms with Crippen LogP contribution >= 0.6 is 0 Å². The van der Waals surface area contributed by atoms with Crippen LogP contribution in [0.25, 0.3) is 0 Å². The summed E-state index contributed by atoms with van der Waals surface area (Å²) in [6.45, 7) is 2.57. The standard InChI is InChI=1S/C13H18N4O2/c1-9(14-7-13-16-15-8-17(13)2)11-5-4-10(19-3)6-12(11)18/h4-6,8-9,14,18H,7H2,1-3H3. The van der Waals surface area contributed by atoms with E-state index in [1.165, 1.54) is 0 Å². The molecule has 0 bridgehead atoms. The van der Waals surface area contributed by atoms with Crippen molar-refractivity contribution >= 4 is 0 Å². The lowest BCUT2D eigenvalue weighted by molar-refractivity contribution is 0.403. The van der Waals surface area contributed by atoms with Gasteiger partial charge in [0.2, 0.25) is 0 Å². The highest BCUT2D eigenvalue weighted by Gasteiger charge is 2.12. The van der Waals surface area contributed by atoms with E-state index in [2.05, 4.69) is 15.5 Å². The fourth-order valence-corrected chi connectivity index (χ4v) is 1.84. The van der Waals surface area contributed by atoms with Crippen LogP contribution in [-0.2, 0) is 13.6 Å². The molecule has 6 heteroatoms. The predicted molar refractivity (Wildman–Crippen MR) is 70.9 cm³/mol. The smallest absolute Gasteiger partial charge is 0.146 e. The van der Waals surface area contributed by atoms with Gasteiger partial charge in [-0.05, 0) is 13.0 Å². The van der Waals surface area contributed by atoms with Crippen LogP contribution in [0.5, 0.6) is 11.5 Å². The third kappa shape index (κ3) is 3.03. The zero-order valence-electron chi connectivity index (χ0n) is 11.3. The summed E-state index contributed by atoms with van der Waals surface area (Å²) in [5.74, 6) is 1.71. The minimum absolute atomic E-state index is 0.00241. The van der Waals surface area contributed by atoms with Crippen molar-refractivity contribution in [2.45, 2.75) is 19.5 Å². The first-order valence-electron chi connectivity index (χ1n) is 6.05. The number of aromatic hydroxyl groups is 1. The lowest BCUT2D eigenvalue weighted by Gasteiger charge is -2.15. The second-order valence-corrected chi connectivity index (χ2v) is 4.39. The Morgan fingerprint density at radius 2 is 2.26 bits per heavy atom. The van der Waals surface area contributed by atoms with Crippen molar-refractivity contribution in [3.63, 3.8) is 0 Å². The van der Waals surface area contributed by atoms with E-state index in [0.717, 1.165) is 11.4 Å². The van der Waals surface area contributed by atoms with Crippen LogP contribution in [0.4, 0.5) is 0 Å². The van der Waals surface area contributed by atoms with Gasteiger partial charge in [-0.1, -0.05) is 6.07 Å². The van der Waals surface area contributed by atoms with Crippen molar-refractivity contribution in [1.29, 1.82) is 0 Å². The van der Waals surface area contributed by atoms with Crippen LogP contribution in [0.15, 0.2) is 24.5 Å². The van der Waals surface area contributed by atoms with Gasteiger partial charge in [-0.2, -0.15) is 0 Å². The zero-order valence-corrected chi connectivity index (χ0v) is 11.3. The Labute approximate surface area is 112 Å². The van der Waals surface area contributed by atoms with Gasteiger partial charge in [-0.25, -0.2) is 0 Å². The van der Waals surface area contributed by atoms with Crippen molar-refractivity contribution in [2.75, 3.05) is 7.11 Å². The second kappa shape index (κ2) is 5.71. The number of aromatic nitrogens is 3. The number of nitrogens with one attached hydrogen (secondary N) is 1. The minimum atomic E-state index is 0.00241. The molecule has 2 N–H and O–H groups in total. The Kier molecular flexibility index (Phi) is 4.01. The summed E-state index contributed by atoms with van der Waals surface area (Å²) in [6.07, 6.45) is 1.66. The molecule has 0 spiro atoms. The van der Waals surface area contributed by atoms with Crippen LogP contribution in [0.3, 0.4) is 0 Å². The minimum Gasteiger partial charge on any atom is -0.507 e. The average molecular weight is 262 g/mol. The number of nitrogens with zero attached hydrogens (tertiary/aromatic N) is 3. The Morgan fingerprint density at radius 3 is 2.84 bits per heavy atom. The van der Waals surface area contributed by atoms with Gasteiger partial charge in [0.05, 0.1) is 13.7 Å². The highest BCUT2D eigenvalue weighted by molar-refractivity contribution is 5.41. The van der Waals surface area contributed by atoms with Gasteiger partial charge in [-0.15, -0.1) is 10.2 Å². The quantitative estimate of drug-likeness (QED) is 0.851. The van der Waals surface area contributed by atoms with E-state index < -0.39 is 0 Å². The molecule has 0 aliphatic rings. The molecule has 0 radical (unpaired) electrons. The molecule has 0 saturated carbocycles. The van der Waals surface area contributed by atoms with E-state index in [-0.39, 0.29) is 11.8 Å². The number of ether oxygens (including phenoxy) is 1. The average Bonchev–Trinajstić information content (AvgIpc) is 2.81. The maximum Gasteiger partial charge on any atom is 0.146 e. The molecule has 0 amide bonds. The molecule has 2 aromatic rings. The molecule has 0 aliphatic heterocycles. The molecule has 102 valence electrons. The molecule has 1 heterocycles. The SMILES string of the molecule is COc1ccc(C(C)NCc2nncn2C)c(O)c1. The molecule has 6 nitrogen and oxygen atoms in total. The summed E-state index contributed by atoms with van der Waals surface area (Å²) >= 11 is 0. The Balaban J connectivity index is 2.03. The Bertz CT molecular complexity index is 553. The molecular weight excluding hydrogens is 244 g/mol. The number of phenols is 1. The van der Waals surface area contributed by atoms with E-state index in [4.69, 9.17) is 4.74 Å². The lowest BCUT2D eigenvalue weighted by atomic mass is 10.1. The van der Waals surface area contributed by atoms with Crippen molar-refractivity contribution in [2.24, 2.45) is 7.05 Å². The molecule has 1 unspecified atom stereocenters. The summed E-state index contributed by atoms with van der Waals surface area (Å²) in [4.78, 5) is 0. The van der Waals surface area contributed by atoms with E-state index in [0.29, 0.717) is 12.3 Å². The predicted octanol–water partition coefficient (Wildman–Crippen LogP) is 1.38. The summed E-state index contributed by atoms with van der Waals surface area (Å²) in [5, 5.41) is 21.1. The van der Waals surface area contributed by atoms with Crippen molar-refractivity contribution in [1.82, 2.24) is 20.1 Å². The van der Waals surface area contributed by atoms with E-state index in [1.807, 2.05) is 30.7 Å². The van der Waals surface area contributed by atoms with Crippen molar-refractivity contribution < 1.29 is 9.84 Å². The maximum absolute atomic E-state index is 9.95. The van der Waals surface area contributed by atoms with Gasteiger partial charge in [0.1, 0.15) is 23.7 Å². The third-order valence-electron chi connectivity index (χ3n) is 3.08. The summed E-state index contributed by atoms with van der Waals surface area (Å²) < 4.78 is 6.92. The molecule has 0 aliphatic carbocycles.